The van der Waals surface area contributed by atoms with Crippen LogP contribution in [0.5, 0.6) is 0 Å². The smallest absolute Gasteiger partial charge is 0.254 e. The molecule has 0 radical (unpaired) electrons. The van der Waals surface area contributed by atoms with E-state index in [-0.39, 0.29) is 30.1 Å². The summed E-state index contributed by atoms with van der Waals surface area (Å²) in [4.78, 5) is 29.9. The van der Waals surface area contributed by atoms with Crippen LogP contribution in [0.15, 0.2) is 78.9 Å². The van der Waals surface area contributed by atoms with Crippen LogP contribution in [0.4, 0.5) is 4.39 Å². The molecular formula is C28H29FN2O2. The third kappa shape index (κ3) is 5.30. The van der Waals surface area contributed by atoms with E-state index in [4.69, 9.17) is 0 Å². The molecule has 5 heteroatoms. The summed E-state index contributed by atoms with van der Waals surface area (Å²) >= 11 is 0. The number of likely N-dealkylation sites (N-methyl/N-ethyl adjacent to an activating group) is 1. The zero-order valence-corrected chi connectivity index (χ0v) is 18.9. The van der Waals surface area contributed by atoms with Crippen molar-refractivity contribution in [2.45, 2.75) is 31.7 Å². The van der Waals surface area contributed by atoms with Crippen LogP contribution >= 0.6 is 0 Å². The van der Waals surface area contributed by atoms with Crippen LogP contribution in [0.3, 0.4) is 0 Å². The monoisotopic (exact) mass is 444 g/mol. The van der Waals surface area contributed by atoms with Gasteiger partial charge in [0.25, 0.3) is 5.91 Å². The Kier molecular flexibility index (Phi) is 7.18. The topological polar surface area (TPSA) is 40.6 Å². The minimum Gasteiger partial charge on any atom is -0.342 e. The Morgan fingerprint density at radius 1 is 0.909 bits per heavy atom. The van der Waals surface area contributed by atoms with E-state index in [1.54, 1.807) is 30.1 Å². The van der Waals surface area contributed by atoms with Crippen molar-refractivity contribution in [2.75, 3.05) is 20.1 Å². The van der Waals surface area contributed by atoms with E-state index >= 15 is 0 Å². The normalized spacial score (nSPS) is 16.2. The van der Waals surface area contributed by atoms with Gasteiger partial charge in [0, 0.05) is 31.7 Å². The summed E-state index contributed by atoms with van der Waals surface area (Å²) < 4.78 is 14.0. The van der Waals surface area contributed by atoms with Gasteiger partial charge in [0.05, 0.1) is 6.42 Å². The molecule has 0 aliphatic carbocycles. The molecule has 1 saturated heterocycles. The second-order valence-corrected chi connectivity index (χ2v) is 8.56. The summed E-state index contributed by atoms with van der Waals surface area (Å²) in [6.07, 6.45) is 2.40. The van der Waals surface area contributed by atoms with Crippen LogP contribution in [0, 0.1) is 5.82 Å². The predicted octanol–water partition coefficient (Wildman–Crippen LogP) is 5.19. The number of amides is 2. The van der Waals surface area contributed by atoms with Crippen LogP contribution in [-0.4, -0.2) is 47.8 Å². The zero-order valence-electron chi connectivity index (χ0n) is 18.9. The number of carbonyl (C=O) groups excluding carboxylic acids is 2. The SMILES string of the molecule is CN(C(=O)Cc1ccccc1F)[C@@H]1CCCN(C(=O)c2ccccc2-c2ccccc2)CC1. The van der Waals surface area contributed by atoms with Crippen LogP contribution in [-0.2, 0) is 11.2 Å². The molecule has 3 aromatic carbocycles. The van der Waals surface area contributed by atoms with Gasteiger partial charge in [0.1, 0.15) is 5.82 Å². The molecule has 0 aromatic heterocycles. The number of benzene rings is 3. The summed E-state index contributed by atoms with van der Waals surface area (Å²) in [5, 5.41) is 0. The van der Waals surface area contributed by atoms with Gasteiger partial charge in [-0.15, -0.1) is 0 Å². The summed E-state index contributed by atoms with van der Waals surface area (Å²) in [6, 6.07) is 24.1. The highest BCUT2D eigenvalue weighted by Gasteiger charge is 2.27. The fourth-order valence-corrected chi connectivity index (χ4v) is 4.51. The van der Waals surface area contributed by atoms with Gasteiger partial charge in [-0.25, -0.2) is 4.39 Å². The molecule has 0 N–H and O–H groups in total. The van der Waals surface area contributed by atoms with Crippen molar-refractivity contribution in [3.63, 3.8) is 0 Å². The molecule has 33 heavy (non-hydrogen) atoms. The first-order valence-electron chi connectivity index (χ1n) is 11.5. The number of halogens is 1. The number of hydrogen-bond donors (Lipinski definition) is 0. The van der Waals surface area contributed by atoms with Crippen molar-refractivity contribution in [2.24, 2.45) is 0 Å². The van der Waals surface area contributed by atoms with Crippen LogP contribution in [0.25, 0.3) is 11.1 Å². The second-order valence-electron chi connectivity index (χ2n) is 8.56. The predicted molar refractivity (Wildman–Crippen MR) is 128 cm³/mol. The Bertz CT molecular complexity index is 1120. The van der Waals surface area contributed by atoms with Gasteiger partial charge in [-0.1, -0.05) is 66.7 Å². The third-order valence-electron chi connectivity index (χ3n) is 6.47. The molecule has 0 unspecified atom stereocenters. The largest absolute Gasteiger partial charge is 0.342 e. The highest BCUT2D eigenvalue weighted by atomic mass is 19.1. The molecule has 1 aliphatic heterocycles. The average molecular weight is 445 g/mol. The lowest BCUT2D eigenvalue weighted by molar-refractivity contribution is -0.131. The Hall–Kier alpha value is -3.47. The van der Waals surface area contributed by atoms with Crippen molar-refractivity contribution in [3.8, 4) is 11.1 Å². The lowest BCUT2D eigenvalue weighted by atomic mass is 9.99. The van der Waals surface area contributed by atoms with Crippen molar-refractivity contribution >= 4 is 11.8 Å². The van der Waals surface area contributed by atoms with E-state index < -0.39 is 0 Å². The Morgan fingerprint density at radius 2 is 1.61 bits per heavy atom. The van der Waals surface area contributed by atoms with Crippen LogP contribution in [0.1, 0.15) is 35.2 Å². The maximum atomic E-state index is 14.0. The van der Waals surface area contributed by atoms with Gasteiger partial charge in [-0.2, -0.15) is 0 Å². The number of carbonyl (C=O) groups is 2. The second kappa shape index (κ2) is 10.4. The van der Waals surface area contributed by atoms with E-state index in [1.165, 1.54) is 6.07 Å². The Labute approximate surface area is 194 Å². The van der Waals surface area contributed by atoms with Gasteiger partial charge >= 0.3 is 0 Å². The fourth-order valence-electron chi connectivity index (χ4n) is 4.51. The summed E-state index contributed by atoms with van der Waals surface area (Å²) in [6.45, 7) is 1.25. The first-order chi connectivity index (χ1) is 16.0. The maximum Gasteiger partial charge on any atom is 0.254 e. The minimum atomic E-state index is -0.353. The van der Waals surface area contributed by atoms with Gasteiger partial charge < -0.3 is 9.80 Å². The molecule has 4 nitrogen and oxygen atoms in total. The van der Waals surface area contributed by atoms with Crippen LogP contribution in [0.2, 0.25) is 0 Å². The lowest BCUT2D eigenvalue weighted by Crippen LogP contribution is -2.39. The molecule has 3 aromatic rings. The van der Waals surface area contributed by atoms with Gasteiger partial charge in [0.15, 0.2) is 0 Å². The molecule has 170 valence electrons. The number of likely N-dealkylation sites (tertiary alicyclic amines) is 1. The Morgan fingerprint density at radius 3 is 2.39 bits per heavy atom. The highest BCUT2D eigenvalue weighted by molar-refractivity contribution is 6.00. The maximum absolute atomic E-state index is 14.0. The molecule has 4 rings (SSSR count). The third-order valence-corrected chi connectivity index (χ3v) is 6.47. The Balaban J connectivity index is 1.43. The molecule has 0 saturated carbocycles. The molecular weight excluding hydrogens is 415 g/mol. The molecule has 1 aliphatic rings. The number of nitrogens with zero attached hydrogens (tertiary/aromatic N) is 2. The molecule has 0 spiro atoms. The summed E-state index contributed by atoms with van der Waals surface area (Å²) in [7, 11) is 1.79. The molecule has 1 atom stereocenters. The first-order valence-corrected chi connectivity index (χ1v) is 11.5. The highest BCUT2D eigenvalue weighted by Crippen LogP contribution is 2.26. The first kappa shape index (κ1) is 22.7. The van der Waals surface area contributed by atoms with Crippen molar-refractivity contribution in [1.82, 2.24) is 9.80 Å². The standard InChI is InChI=1S/C28H29FN2O2/c1-30(27(32)20-22-12-5-8-16-26(22)29)23-13-9-18-31(19-17-23)28(33)25-15-7-6-14-24(25)21-10-3-2-4-11-21/h2-8,10-12,14-16,23H,9,13,17-20H2,1H3/t23-/m1/s1. The molecule has 1 heterocycles. The van der Waals surface area contributed by atoms with Crippen LogP contribution < -0.4 is 0 Å². The van der Waals surface area contributed by atoms with Gasteiger partial charge in [0.2, 0.25) is 5.91 Å². The molecule has 1 fully saturated rings. The summed E-state index contributed by atoms with van der Waals surface area (Å²) in [5.74, 6) is -0.427. The van der Waals surface area contributed by atoms with Gasteiger partial charge in [-0.05, 0) is 48.1 Å². The fraction of sp³-hybridized carbons (Fsp3) is 0.286. The number of hydrogen-bond acceptors (Lipinski definition) is 2. The van der Waals surface area contributed by atoms with E-state index in [1.807, 2.05) is 59.5 Å². The minimum absolute atomic E-state index is 0.0236. The lowest BCUT2D eigenvalue weighted by Gasteiger charge is -2.28. The van der Waals surface area contributed by atoms with Gasteiger partial charge in [-0.3, -0.25) is 9.59 Å². The van der Waals surface area contributed by atoms with E-state index in [9.17, 15) is 14.0 Å². The average Bonchev–Trinajstić information content (AvgIpc) is 3.11. The van der Waals surface area contributed by atoms with Crippen molar-refractivity contribution in [3.05, 3.63) is 95.8 Å². The molecule has 0 bridgehead atoms. The number of rotatable bonds is 5. The molecule has 2 amide bonds. The van der Waals surface area contributed by atoms with Crippen molar-refractivity contribution < 1.29 is 14.0 Å². The van der Waals surface area contributed by atoms with E-state index in [0.29, 0.717) is 30.6 Å². The van der Waals surface area contributed by atoms with E-state index in [2.05, 4.69) is 0 Å². The van der Waals surface area contributed by atoms with E-state index in [0.717, 1.165) is 24.0 Å². The summed E-state index contributed by atoms with van der Waals surface area (Å²) in [5.41, 5.74) is 3.07. The zero-order chi connectivity index (χ0) is 23.2. The quantitative estimate of drug-likeness (QED) is 0.544. The van der Waals surface area contributed by atoms with Crippen molar-refractivity contribution in [1.29, 1.82) is 0 Å².